The molecule has 0 spiro atoms. The lowest BCUT2D eigenvalue weighted by molar-refractivity contribution is -0.386. The van der Waals surface area contributed by atoms with Gasteiger partial charge in [-0.3, -0.25) is 10.1 Å². The van der Waals surface area contributed by atoms with Crippen LogP contribution < -0.4 is 10.1 Å². The monoisotopic (exact) mass is 280 g/mol. The summed E-state index contributed by atoms with van der Waals surface area (Å²) >= 11 is 0. The number of para-hydroxylation sites is 1. The molecule has 20 heavy (non-hydrogen) atoms. The number of hydrogen-bond acceptors (Lipinski definition) is 5. The van der Waals surface area contributed by atoms with Gasteiger partial charge in [-0.05, 0) is 27.0 Å². The lowest BCUT2D eigenvalue weighted by atomic mass is 9.85. The third-order valence-electron chi connectivity index (χ3n) is 3.64. The van der Waals surface area contributed by atoms with E-state index >= 15 is 0 Å². The highest BCUT2D eigenvalue weighted by Gasteiger charge is 2.43. The number of aryl methyl sites for hydroxylation is 1. The molecule has 0 saturated heterocycles. The van der Waals surface area contributed by atoms with E-state index in [1.165, 1.54) is 0 Å². The van der Waals surface area contributed by atoms with Crippen LogP contribution in [0.5, 0.6) is 5.75 Å². The molecular weight excluding hydrogens is 260 g/mol. The zero-order valence-corrected chi connectivity index (χ0v) is 12.0. The van der Waals surface area contributed by atoms with E-state index < -0.39 is 4.92 Å². The highest BCUT2D eigenvalue weighted by atomic mass is 16.6. The van der Waals surface area contributed by atoms with Crippen LogP contribution in [0, 0.1) is 17.0 Å². The normalized spacial score (nSPS) is 25.1. The molecule has 0 aromatic heterocycles. The van der Waals surface area contributed by atoms with Gasteiger partial charge in [0.25, 0.3) is 0 Å². The van der Waals surface area contributed by atoms with Crippen molar-refractivity contribution >= 4 is 5.69 Å². The maximum Gasteiger partial charge on any atom is 0.313 e. The van der Waals surface area contributed by atoms with Crippen molar-refractivity contribution < 1.29 is 14.4 Å². The molecule has 0 radical (unpaired) electrons. The van der Waals surface area contributed by atoms with Crippen molar-refractivity contribution in [2.45, 2.75) is 38.5 Å². The van der Waals surface area contributed by atoms with Crippen LogP contribution in [0.2, 0.25) is 0 Å². The maximum absolute atomic E-state index is 11.1. The van der Waals surface area contributed by atoms with Gasteiger partial charge in [0.1, 0.15) is 12.2 Å². The van der Waals surface area contributed by atoms with Crippen molar-refractivity contribution in [1.29, 1.82) is 0 Å². The molecule has 0 aliphatic heterocycles. The predicted octanol–water partition coefficient (Wildman–Crippen LogP) is 2.05. The number of ether oxygens (including phenoxy) is 2. The number of nitro benzene ring substituents is 1. The van der Waals surface area contributed by atoms with Crippen molar-refractivity contribution in [3.05, 3.63) is 33.9 Å². The van der Waals surface area contributed by atoms with Crippen molar-refractivity contribution in [3.63, 3.8) is 0 Å². The second-order valence-corrected chi connectivity index (χ2v) is 4.89. The Morgan fingerprint density at radius 3 is 2.85 bits per heavy atom. The summed E-state index contributed by atoms with van der Waals surface area (Å²) in [6.07, 6.45) is 0.574. The number of nitrogens with zero attached hydrogens (tertiary/aromatic N) is 1. The predicted molar refractivity (Wildman–Crippen MR) is 75.1 cm³/mol. The minimum Gasteiger partial charge on any atom is -0.481 e. The first-order valence-electron chi connectivity index (χ1n) is 6.78. The van der Waals surface area contributed by atoms with Gasteiger partial charge in [-0.1, -0.05) is 12.1 Å². The lowest BCUT2D eigenvalue weighted by Crippen LogP contribution is -2.60. The van der Waals surface area contributed by atoms with Gasteiger partial charge >= 0.3 is 5.69 Å². The number of nitrogens with one attached hydrogen (secondary N) is 1. The Bertz CT molecular complexity index is 492. The summed E-state index contributed by atoms with van der Waals surface area (Å²) in [7, 11) is 1.88. The van der Waals surface area contributed by atoms with Gasteiger partial charge in [0.15, 0.2) is 5.75 Å². The fourth-order valence-electron chi connectivity index (χ4n) is 2.52. The van der Waals surface area contributed by atoms with E-state index in [9.17, 15) is 10.1 Å². The third kappa shape index (κ3) is 2.76. The van der Waals surface area contributed by atoms with Gasteiger partial charge in [0.2, 0.25) is 0 Å². The van der Waals surface area contributed by atoms with E-state index in [2.05, 4.69) is 5.32 Å². The number of likely N-dealkylation sites (N-methyl/N-ethyl adjacent to an activating group) is 1. The maximum atomic E-state index is 11.1. The number of rotatable bonds is 6. The van der Waals surface area contributed by atoms with Gasteiger partial charge < -0.3 is 14.8 Å². The summed E-state index contributed by atoms with van der Waals surface area (Å²) in [6.45, 7) is 4.23. The van der Waals surface area contributed by atoms with Crippen LogP contribution in [-0.4, -0.2) is 36.8 Å². The summed E-state index contributed by atoms with van der Waals surface area (Å²) in [4.78, 5) is 10.7. The van der Waals surface area contributed by atoms with Crippen LogP contribution >= 0.6 is 0 Å². The van der Waals surface area contributed by atoms with Gasteiger partial charge in [-0.15, -0.1) is 0 Å². The Kier molecular flexibility index (Phi) is 4.57. The zero-order valence-electron chi connectivity index (χ0n) is 12.0. The molecule has 3 atom stereocenters. The van der Waals surface area contributed by atoms with Crippen molar-refractivity contribution in [1.82, 2.24) is 5.32 Å². The smallest absolute Gasteiger partial charge is 0.313 e. The molecule has 0 heterocycles. The summed E-state index contributed by atoms with van der Waals surface area (Å²) in [5.41, 5.74) is 0.639. The summed E-state index contributed by atoms with van der Waals surface area (Å²) in [6, 6.07) is 5.36. The van der Waals surface area contributed by atoms with E-state index in [1.54, 1.807) is 25.1 Å². The van der Waals surface area contributed by atoms with E-state index in [4.69, 9.17) is 9.47 Å². The quantitative estimate of drug-likeness (QED) is 0.637. The third-order valence-corrected chi connectivity index (χ3v) is 3.64. The van der Waals surface area contributed by atoms with Crippen LogP contribution in [-0.2, 0) is 4.74 Å². The number of nitro groups is 1. The van der Waals surface area contributed by atoms with Gasteiger partial charge in [-0.25, -0.2) is 0 Å². The van der Waals surface area contributed by atoms with Crippen LogP contribution in [0.15, 0.2) is 18.2 Å². The molecule has 110 valence electrons. The average molecular weight is 280 g/mol. The molecule has 1 N–H and O–H groups in total. The largest absolute Gasteiger partial charge is 0.481 e. The van der Waals surface area contributed by atoms with E-state index in [0.717, 1.165) is 6.42 Å². The number of benzene rings is 1. The molecule has 1 aromatic rings. The van der Waals surface area contributed by atoms with Crippen LogP contribution in [0.1, 0.15) is 18.9 Å². The van der Waals surface area contributed by atoms with E-state index in [-0.39, 0.29) is 23.9 Å². The Morgan fingerprint density at radius 1 is 1.50 bits per heavy atom. The fraction of sp³-hybridized carbons (Fsp3) is 0.571. The van der Waals surface area contributed by atoms with Gasteiger partial charge in [-0.2, -0.15) is 0 Å². The molecule has 1 saturated carbocycles. The van der Waals surface area contributed by atoms with Crippen LogP contribution in [0.25, 0.3) is 0 Å². The standard InChI is InChI=1S/C14H20N2O4/c1-4-19-14-10(15-3)8-12(14)20-11-7-5-6-9(2)13(11)16(17)18/h5-7,10,12,14-15H,4,8H2,1-3H3. The molecular formula is C14H20N2O4. The summed E-state index contributed by atoms with van der Waals surface area (Å²) in [5, 5.41) is 14.3. The van der Waals surface area contributed by atoms with Crippen molar-refractivity contribution in [2.75, 3.05) is 13.7 Å². The lowest BCUT2D eigenvalue weighted by Gasteiger charge is -2.43. The molecule has 0 amide bonds. The molecule has 6 nitrogen and oxygen atoms in total. The molecule has 1 aromatic carbocycles. The topological polar surface area (TPSA) is 73.6 Å². The Morgan fingerprint density at radius 2 is 2.25 bits per heavy atom. The minimum absolute atomic E-state index is 0.0376. The summed E-state index contributed by atoms with van der Waals surface area (Å²) in [5.74, 6) is 0.319. The molecule has 6 heteroatoms. The van der Waals surface area contributed by atoms with Gasteiger partial charge in [0.05, 0.1) is 4.92 Å². The SMILES string of the molecule is CCOC1C(NC)CC1Oc1cccc(C)c1[N+](=O)[O-]. The zero-order chi connectivity index (χ0) is 14.7. The van der Waals surface area contributed by atoms with Crippen molar-refractivity contribution in [3.8, 4) is 5.75 Å². The first kappa shape index (κ1) is 14.7. The van der Waals surface area contributed by atoms with Crippen LogP contribution in [0.4, 0.5) is 5.69 Å². The highest BCUT2D eigenvalue weighted by molar-refractivity contribution is 5.52. The molecule has 0 bridgehead atoms. The molecule has 3 unspecified atom stereocenters. The first-order valence-corrected chi connectivity index (χ1v) is 6.78. The van der Waals surface area contributed by atoms with Gasteiger partial charge in [0, 0.05) is 24.6 Å². The Balaban J connectivity index is 2.15. The van der Waals surface area contributed by atoms with Crippen LogP contribution in [0.3, 0.4) is 0 Å². The summed E-state index contributed by atoms with van der Waals surface area (Å²) < 4.78 is 11.5. The molecule has 2 rings (SSSR count). The van der Waals surface area contributed by atoms with Crippen molar-refractivity contribution in [2.24, 2.45) is 0 Å². The highest BCUT2D eigenvalue weighted by Crippen LogP contribution is 2.35. The van der Waals surface area contributed by atoms with E-state index in [0.29, 0.717) is 17.9 Å². The molecule has 1 aliphatic carbocycles. The molecule has 1 aliphatic rings. The second kappa shape index (κ2) is 6.19. The number of hydrogen-bond donors (Lipinski definition) is 1. The molecule has 1 fully saturated rings. The Labute approximate surface area is 118 Å². The Hall–Kier alpha value is -1.66. The average Bonchev–Trinajstić information content (AvgIpc) is 2.40. The first-order chi connectivity index (χ1) is 9.58. The fourth-order valence-corrected chi connectivity index (χ4v) is 2.52. The minimum atomic E-state index is -0.394. The second-order valence-electron chi connectivity index (χ2n) is 4.89. The van der Waals surface area contributed by atoms with E-state index in [1.807, 2.05) is 14.0 Å².